The first-order valence-corrected chi connectivity index (χ1v) is 2.27. The van der Waals surface area contributed by atoms with Crippen LogP contribution < -0.4 is 0 Å². The van der Waals surface area contributed by atoms with Crippen molar-refractivity contribution in [3.05, 3.63) is 6.42 Å². The maximum atomic E-state index is 10.1. The van der Waals surface area contributed by atoms with Gasteiger partial charge in [0.15, 0.2) is 0 Å². The topological polar surface area (TPSA) is 26.3 Å². The zero-order valence-corrected chi connectivity index (χ0v) is 4.60. The van der Waals surface area contributed by atoms with Crippen molar-refractivity contribution in [1.29, 1.82) is 0 Å². The Balaban J connectivity index is 3.00. The van der Waals surface area contributed by atoms with Crippen molar-refractivity contribution in [3.63, 3.8) is 0 Å². The van der Waals surface area contributed by atoms with E-state index in [4.69, 9.17) is 0 Å². The molecule has 0 fully saturated rings. The lowest BCUT2D eigenvalue weighted by molar-refractivity contribution is -0.138. The summed E-state index contributed by atoms with van der Waals surface area (Å²) in [6, 6.07) is 0. The first-order chi connectivity index (χ1) is 3.31. The SMILES string of the molecule is C[CH]C(=O)OCC. The van der Waals surface area contributed by atoms with Gasteiger partial charge in [-0.05, 0) is 6.92 Å². The van der Waals surface area contributed by atoms with Gasteiger partial charge in [-0.2, -0.15) is 0 Å². The molecule has 1 radical (unpaired) electrons. The molecule has 0 aromatic carbocycles. The third kappa shape index (κ3) is 3.30. The number of rotatable bonds is 2. The molecule has 0 aliphatic rings. The summed E-state index contributed by atoms with van der Waals surface area (Å²) < 4.78 is 4.50. The predicted molar refractivity (Wildman–Crippen MR) is 26.6 cm³/mol. The van der Waals surface area contributed by atoms with Crippen LogP contribution in [0.5, 0.6) is 0 Å². The van der Waals surface area contributed by atoms with Crippen molar-refractivity contribution in [2.45, 2.75) is 13.8 Å². The zero-order valence-electron chi connectivity index (χ0n) is 4.60. The minimum absolute atomic E-state index is 0.248. The van der Waals surface area contributed by atoms with E-state index in [9.17, 15) is 4.79 Å². The van der Waals surface area contributed by atoms with Gasteiger partial charge in [0.2, 0.25) is 0 Å². The molecule has 0 aliphatic heterocycles. The quantitative estimate of drug-likeness (QED) is 0.480. The van der Waals surface area contributed by atoms with Crippen LogP contribution in [-0.2, 0) is 9.53 Å². The smallest absolute Gasteiger partial charge is 0.309 e. The van der Waals surface area contributed by atoms with Crippen molar-refractivity contribution in [1.82, 2.24) is 0 Å². The molecule has 0 aromatic heterocycles. The average Bonchev–Trinajstić information content (AvgIpc) is 1.68. The highest BCUT2D eigenvalue weighted by molar-refractivity contribution is 5.78. The van der Waals surface area contributed by atoms with Gasteiger partial charge in [0.05, 0.1) is 13.0 Å². The van der Waals surface area contributed by atoms with E-state index in [2.05, 4.69) is 4.74 Å². The molecule has 0 aliphatic carbocycles. The molecule has 41 valence electrons. The second kappa shape index (κ2) is 3.65. The Bertz CT molecular complexity index is 59.1. The molecule has 0 spiro atoms. The minimum Gasteiger partial charge on any atom is -0.466 e. The second-order valence-electron chi connectivity index (χ2n) is 1.04. The van der Waals surface area contributed by atoms with Crippen molar-refractivity contribution < 1.29 is 9.53 Å². The average molecular weight is 101 g/mol. The minimum atomic E-state index is -0.248. The molecule has 0 saturated carbocycles. The first-order valence-electron chi connectivity index (χ1n) is 2.27. The van der Waals surface area contributed by atoms with E-state index in [-0.39, 0.29) is 5.97 Å². The Labute approximate surface area is 43.5 Å². The molecule has 0 atom stereocenters. The van der Waals surface area contributed by atoms with Crippen LogP contribution in [-0.4, -0.2) is 12.6 Å². The van der Waals surface area contributed by atoms with E-state index in [1.54, 1.807) is 13.8 Å². The fourth-order valence-corrected chi connectivity index (χ4v) is 0.226. The molecule has 0 unspecified atom stereocenters. The summed E-state index contributed by atoms with van der Waals surface area (Å²) in [7, 11) is 0. The Kier molecular flexibility index (Phi) is 3.38. The van der Waals surface area contributed by atoms with Crippen LogP contribution in [0, 0.1) is 6.42 Å². The monoisotopic (exact) mass is 101 g/mol. The summed E-state index contributed by atoms with van der Waals surface area (Å²) in [6.45, 7) is 3.89. The van der Waals surface area contributed by atoms with Crippen LogP contribution in [0.25, 0.3) is 0 Å². The number of ether oxygens (including phenoxy) is 1. The molecule has 2 heteroatoms. The van der Waals surface area contributed by atoms with Gasteiger partial charge in [0.25, 0.3) is 0 Å². The molecule has 0 bridgehead atoms. The van der Waals surface area contributed by atoms with Gasteiger partial charge < -0.3 is 4.74 Å². The summed E-state index contributed by atoms with van der Waals surface area (Å²) in [5, 5.41) is 0. The second-order valence-corrected chi connectivity index (χ2v) is 1.04. The summed E-state index contributed by atoms with van der Waals surface area (Å²) >= 11 is 0. The van der Waals surface area contributed by atoms with E-state index in [1.165, 1.54) is 6.42 Å². The lowest BCUT2D eigenvalue weighted by Crippen LogP contribution is -2.00. The van der Waals surface area contributed by atoms with Crippen LogP contribution in [0.1, 0.15) is 13.8 Å². The normalized spacial score (nSPS) is 8.29. The standard InChI is InChI=1S/C5H9O2/c1-3-5(6)7-4-2/h3H,4H2,1-2H3. The zero-order chi connectivity index (χ0) is 5.70. The van der Waals surface area contributed by atoms with Crippen molar-refractivity contribution in [2.24, 2.45) is 0 Å². The van der Waals surface area contributed by atoms with Gasteiger partial charge >= 0.3 is 5.97 Å². The van der Waals surface area contributed by atoms with E-state index in [1.807, 2.05) is 0 Å². The maximum absolute atomic E-state index is 10.1. The van der Waals surface area contributed by atoms with Crippen LogP contribution in [0.2, 0.25) is 0 Å². The molecule has 0 amide bonds. The largest absolute Gasteiger partial charge is 0.466 e. The molecule has 0 saturated heterocycles. The molecule has 2 nitrogen and oxygen atoms in total. The Morgan fingerprint density at radius 2 is 2.43 bits per heavy atom. The number of carbonyl (C=O) groups is 1. The fraction of sp³-hybridized carbons (Fsp3) is 0.600. The molecule has 0 rings (SSSR count). The van der Waals surface area contributed by atoms with E-state index in [0.29, 0.717) is 6.61 Å². The van der Waals surface area contributed by atoms with E-state index in [0.717, 1.165) is 0 Å². The molecular formula is C5H9O2. The highest BCUT2D eigenvalue weighted by atomic mass is 16.5. The number of hydrogen-bond acceptors (Lipinski definition) is 2. The van der Waals surface area contributed by atoms with Gasteiger partial charge in [-0.15, -0.1) is 0 Å². The van der Waals surface area contributed by atoms with Crippen molar-refractivity contribution >= 4 is 5.97 Å². The van der Waals surface area contributed by atoms with Gasteiger partial charge in [-0.3, -0.25) is 4.79 Å². The van der Waals surface area contributed by atoms with Crippen molar-refractivity contribution in [3.8, 4) is 0 Å². The summed E-state index contributed by atoms with van der Waals surface area (Å²) in [4.78, 5) is 10.1. The summed E-state index contributed by atoms with van der Waals surface area (Å²) in [6.07, 6.45) is 1.39. The lowest BCUT2D eigenvalue weighted by atomic mass is 10.5. The van der Waals surface area contributed by atoms with Crippen LogP contribution in [0.15, 0.2) is 0 Å². The van der Waals surface area contributed by atoms with Crippen molar-refractivity contribution in [2.75, 3.05) is 6.61 Å². The molecular weight excluding hydrogens is 92.1 g/mol. The van der Waals surface area contributed by atoms with Crippen LogP contribution in [0.4, 0.5) is 0 Å². The summed E-state index contributed by atoms with van der Waals surface area (Å²) in [5.41, 5.74) is 0. The Morgan fingerprint density at radius 3 is 2.57 bits per heavy atom. The van der Waals surface area contributed by atoms with Gasteiger partial charge in [-0.25, -0.2) is 0 Å². The number of carbonyl (C=O) groups excluding carboxylic acids is 1. The Hall–Kier alpha value is -0.530. The third-order valence-corrected chi connectivity index (χ3v) is 0.522. The lowest BCUT2D eigenvalue weighted by Gasteiger charge is -1.93. The molecule has 0 N–H and O–H groups in total. The molecule has 0 heterocycles. The van der Waals surface area contributed by atoms with Gasteiger partial charge in [0, 0.05) is 0 Å². The van der Waals surface area contributed by atoms with Gasteiger partial charge in [-0.1, -0.05) is 6.92 Å². The summed E-state index contributed by atoms with van der Waals surface area (Å²) in [5.74, 6) is -0.248. The van der Waals surface area contributed by atoms with Gasteiger partial charge in [0.1, 0.15) is 0 Å². The third-order valence-electron chi connectivity index (χ3n) is 0.522. The van der Waals surface area contributed by atoms with E-state index < -0.39 is 0 Å². The predicted octanol–water partition coefficient (Wildman–Crippen LogP) is 0.774. The maximum Gasteiger partial charge on any atom is 0.309 e. The molecule has 7 heavy (non-hydrogen) atoms. The highest BCUT2D eigenvalue weighted by Crippen LogP contribution is 1.79. The fourth-order valence-electron chi connectivity index (χ4n) is 0.226. The highest BCUT2D eigenvalue weighted by Gasteiger charge is 1.91. The Morgan fingerprint density at radius 1 is 1.86 bits per heavy atom. The number of esters is 1. The first kappa shape index (κ1) is 6.47. The molecule has 0 aromatic rings. The number of hydrogen-bond donors (Lipinski definition) is 0. The van der Waals surface area contributed by atoms with Crippen LogP contribution in [0.3, 0.4) is 0 Å². The van der Waals surface area contributed by atoms with Crippen LogP contribution >= 0.6 is 0 Å². The van der Waals surface area contributed by atoms with E-state index >= 15 is 0 Å².